The molecule has 2 aromatic heterocycles. The first-order valence-electron chi connectivity index (χ1n) is 15.3. The molecule has 0 bridgehead atoms. The molecule has 0 aliphatic heterocycles. The molecule has 0 saturated heterocycles. The zero-order chi connectivity index (χ0) is 30.8. The maximum Gasteiger partial charge on any atom is 0.306 e. The van der Waals surface area contributed by atoms with Crippen LogP contribution in [-0.4, -0.2) is 48.3 Å². The molecule has 228 valence electrons. The molecule has 2 heterocycles. The number of benzene rings is 4. The normalized spacial score (nSPS) is 12.6. The number of aromatic amines is 2. The number of carbonyl (C=O) groups excluding carboxylic acids is 2. The summed E-state index contributed by atoms with van der Waals surface area (Å²) in [7, 11) is 0. The van der Waals surface area contributed by atoms with Crippen molar-refractivity contribution < 1.29 is 23.8 Å². The van der Waals surface area contributed by atoms with Crippen LogP contribution >= 0.6 is 0 Å². The zero-order valence-corrected chi connectivity index (χ0v) is 25.0. The number of aromatic nitrogens is 2. The van der Waals surface area contributed by atoms with Crippen molar-refractivity contribution in [1.82, 2.24) is 9.97 Å². The van der Waals surface area contributed by atoms with Crippen LogP contribution < -0.4 is 0 Å². The maximum absolute atomic E-state index is 12.8. The van der Waals surface area contributed by atoms with Gasteiger partial charge in [-0.05, 0) is 46.2 Å². The number of ether oxygens (including phenoxy) is 3. The fraction of sp³-hybridized carbons (Fsp3) is 0.211. The standard InChI is InChI=1S/C38H36N2O5/c41-37(25-31(27-11-3-1-4-12-27)35-23-29-15-7-9-17-33(29)39-35)44-21-19-43-20-22-45-38(42)26-32(28-13-5-2-6-14-28)36-24-30-16-8-10-18-34(30)40-36/h1-18,23-24,31-32,39-40H,19-22,25-26H2. The van der Waals surface area contributed by atoms with E-state index in [0.717, 1.165) is 44.3 Å². The summed E-state index contributed by atoms with van der Waals surface area (Å²) in [5.41, 5.74) is 6.08. The third-order valence-corrected chi connectivity index (χ3v) is 7.98. The first-order chi connectivity index (χ1) is 22.1. The van der Waals surface area contributed by atoms with Crippen LogP contribution in [0.1, 0.15) is 47.2 Å². The Balaban J connectivity index is 0.952. The van der Waals surface area contributed by atoms with E-state index in [-0.39, 0.29) is 63.0 Å². The van der Waals surface area contributed by atoms with Gasteiger partial charge in [0.2, 0.25) is 0 Å². The molecule has 0 aliphatic carbocycles. The van der Waals surface area contributed by atoms with Gasteiger partial charge in [0.15, 0.2) is 0 Å². The number of rotatable bonds is 14. The monoisotopic (exact) mass is 600 g/mol. The molecule has 7 heteroatoms. The number of hydrogen-bond donors (Lipinski definition) is 2. The van der Waals surface area contributed by atoms with Gasteiger partial charge < -0.3 is 24.2 Å². The lowest BCUT2D eigenvalue weighted by Crippen LogP contribution is -2.17. The quantitative estimate of drug-likeness (QED) is 0.0998. The number of esters is 2. The van der Waals surface area contributed by atoms with Crippen molar-refractivity contribution in [3.63, 3.8) is 0 Å². The molecular formula is C38H36N2O5. The van der Waals surface area contributed by atoms with Crippen molar-refractivity contribution in [2.75, 3.05) is 26.4 Å². The molecule has 6 aromatic rings. The van der Waals surface area contributed by atoms with Gasteiger partial charge in [-0.25, -0.2) is 0 Å². The molecule has 7 nitrogen and oxygen atoms in total. The van der Waals surface area contributed by atoms with Crippen molar-refractivity contribution >= 4 is 33.7 Å². The van der Waals surface area contributed by atoms with E-state index in [9.17, 15) is 9.59 Å². The van der Waals surface area contributed by atoms with E-state index in [2.05, 4.69) is 34.2 Å². The third-order valence-electron chi connectivity index (χ3n) is 7.98. The molecular weight excluding hydrogens is 564 g/mol. The molecule has 0 amide bonds. The second-order valence-electron chi connectivity index (χ2n) is 11.0. The lowest BCUT2D eigenvalue weighted by atomic mass is 9.92. The number of H-pyrrole nitrogens is 2. The largest absolute Gasteiger partial charge is 0.463 e. The van der Waals surface area contributed by atoms with Crippen molar-refractivity contribution in [2.24, 2.45) is 0 Å². The predicted molar refractivity (Wildman–Crippen MR) is 175 cm³/mol. The van der Waals surface area contributed by atoms with Gasteiger partial charge in [0.25, 0.3) is 0 Å². The number of hydrogen-bond acceptors (Lipinski definition) is 5. The number of fused-ring (bicyclic) bond motifs is 2. The van der Waals surface area contributed by atoms with Gasteiger partial charge in [0.1, 0.15) is 13.2 Å². The summed E-state index contributed by atoms with van der Waals surface area (Å²) in [5, 5.41) is 2.20. The minimum absolute atomic E-state index is 0.122. The molecule has 2 atom stereocenters. The Labute approximate surface area is 262 Å². The summed E-state index contributed by atoms with van der Waals surface area (Å²) in [6.07, 6.45) is 0.404. The van der Waals surface area contributed by atoms with E-state index < -0.39 is 0 Å². The zero-order valence-electron chi connectivity index (χ0n) is 25.0. The molecule has 2 N–H and O–H groups in total. The van der Waals surface area contributed by atoms with E-state index >= 15 is 0 Å². The van der Waals surface area contributed by atoms with E-state index in [4.69, 9.17) is 14.2 Å². The number of para-hydroxylation sites is 2. The molecule has 0 aliphatic rings. The first-order valence-corrected chi connectivity index (χ1v) is 15.3. The minimum Gasteiger partial charge on any atom is -0.463 e. The Morgan fingerprint density at radius 2 is 0.911 bits per heavy atom. The van der Waals surface area contributed by atoms with Gasteiger partial charge in [0, 0.05) is 34.3 Å². The molecule has 0 spiro atoms. The highest BCUT2D eigenvalue weighted by Gasteiger charge is 2.22. The number of carbonyl (C=O) groups is 2. The summed E-state index contributed by atoms with van der Waals surface area (Å²) in [5.74, 6) is -0.922. The van der Waals surface area contributed by atoms with E-state index in [0.29, 0.717) is 0 Å². The summed E-state index contributed by atoms with van der Waals surface area (Å²) in [6, 6.07) is 40.2. The molecule has 0 radical (unpaired) electrons. The van der Waals surface area contributed by atoms with E-state index in [1.807, 2.05) is 97.1 Å². The highest BCUT2D eigenvalue weighted by atomic mass is 16.6. The minimum atomic E-state index is -0.304. The fourth-order valence-electron chi connectivity index (χ4n) is 5.73. The molecule has 4 aromatic carbocycles. The summed E-state index contributed by atoms with van der Waals surface area (Å²) in [4.78, 5) is 32.6. The Hall–Kier alpha value is -5.14. The average Bonchev–Trinajstić information content (AvgIpc) is 3.71. The van der Waals surface area contributed by atoms with E-state index in [1.165, 1.54) is 0 Å². The first kappa shape index (κ1) is 29.9. The van der Waals surface area contributed by atoms with Crippen molar-refractivity contribution in [1.29, 1.82) is 0 Å². The van der Waals surface area contributed by atoms with Crippen LogP contribution in [0, 0.1) is 0 Å². The second-order valence-corrected chi connectivity index (χ2v) is 11.0. The van der Waals surface area contributed by atoms with Crippen LogP contribution in [0.15, 0.2) is 121 Å². The smallest absolute Gasteiger partial charge is 0.306 e. The molecule has 6 rings (SSSR count). The van der Waals surface area contributed by atoms with Crippen molar-refractivity contribution in [2.45, 2.75) is 24.7 Å². The van der Waals surface area contributed by atoms with Crippen LogP contribution in [0.4, 0.5) is 0 Å². The van der Waals surface area contributed by atoms with Gasteiger partial charge in [0.05, 0.1) is 26.1 Å². The van der Waals surface area contributed by atoms with Crippen LogP contribution in [0.25, 0.3) is 21.8 Å². The lowest BCUT2D eigenvalue weighted by molar-refractivity contribution is -0.147. The average molecular weight is 601 g/mol. The second kappa shape index (κ2) is 14.6. The Morgan fingerprint density at radius 1 is 0.511 bits per heavy atom. The van der Waals surface area contributed by atoms with Crippen LogP contribution in [0.5, 0.6) is 0 Å². The summed E-state index contributed by atoms with van der Waals surface area (Å²) < 4.78 is 16.6. The molecule has 0 saturated carbocycles. The Kier molecular flexibility index (Phi) is 9.68. The van der Waals surface area contributed by atoms with E-state index in [1.54, 1.807) is 0 Å². The number of nitrogens with one attached hydrogen (secondary N) is 2. The summed E-state index contributed by atoms with van der Waals surface area (Å²) in [6.45, 7) is 0.676. The fourth-order valence-corrected chi connectivity index (χ4v) is 5.73. The highest BCUT2D eigenvalue weighted by molar-refractivity contribution is 5.82. The van der Waals surface area contributed by atoms with Gasteiger partial charge in [-0.15, -0.1) is 0 Å². The Morgan fingerprint density at radius 3 is 1.33 bits per heavy atom. The molecule has 2 unspecified atom stereocenters. The van der Waals surface area contributed by atoms with Gasteiger partial charge in [-0.2, -0.15) is 0 Å². The third kappa shape index (κ3) is 7.69. The van der Waals surface area contributed by atoms with Gasteiger partial charge >= 0.3 is 11.9 Å². The summed E-state index contributed by atoms with van der Waals surface area (Å²) >= 11 is 0. The topological polar surface area (TPSA) is 93.4 Å². The maximum atomic E-state index is 12.8. The van der Waals surface area contributed by atoms with Gasteiger partial charge in [-0.3, -0.25) is 9.59 Å². The molecule has 45 heavy (non-hydrogen) atoms. The van der Waals surface area contributed by atoms with Crippen LogP contribution in [0.3, 0.4) is 0 Å². The Bertz CT molecular complexity index is 1640. The predicted octanol–water partition coefficient (Wildman–Crippen LogP) is 7.50. The lowest BCUT2D eigenvalue weighted by Gasteiger charge is -2.16. The van der Waals surface area contributed by atoms with Crippen molar-refractivity contribution in [3.8, 4) is 0 Å². The molecule has 0 fully saturated rings. The van der Waals surface area contributed by atoms with Crippen LogP contribution in [-0.2, 0) is 23.8 Å². The van der Waals surface area contributed by atoms with Gasteiger partial charge in [-0.1, -0.05) is 97.1 Å². The van der Waals surface area contributed by atoms with Crippen LogP contribution in [0.2, 0.25) is 0 Å². The SMILES string of the molecule is O=C(CC(c1ccccc1)c1cc2ccccc2[nH]1)OCCOCCOC(=O)CC(c1ccccc1)c1cc2ccccc2[nH]1. The van der Waals surface area contributed by atoms with Crippen molar-refractivity contribution in [3.05, 3.63) is 144 Å². The highest BCUT2D eigenvalue weighted by Crippen LogP contribution is 2.31.